The van der Waals surface area contributed by atoms with Crippen molar-refractivity contribution < 1.29 is 0 Å². The second kappa shape index (κ2) is 6.45. The van der Waals surface area contributed by atoms with Crippen LogP contribution in [0.15, 0.2) is 0 Å². The Labute approximate surface area is 84.1 Å². The van der Waals surface area contributed by atoms with Crippen LogP contribution in [0.1, 0.15) is 71.6 Å². The molecule has 0 radical (unpaired) electrons. The van der Waals surface area contributed by atoms with Gasteiger partial charge in [-0.3, -0.25) is 0 Å². The zero-order valence-electron chi connectivity index (χ0n) is 9.52. The van der Waals surface area contributed by atoms with Crippen LogP contribution >= 0.6 is 0 Å². The summed E-state index contributed by atoms with van der Waals surface area (Å²) in [4.78, 5) is 0. The molecule has 78 valence electrons. The summed E-state index contributed by atoms with van der Waals surface area (Å²) in [5, 5.41) is 0. The highest BCUT2D eigenvalue weighted by molar-refractivity contribution is 4.68. The van der Waals surface area contributed by atoms with Crippen LogP contribution in [0.2, 0.25) is 0 Å². The lowest BCUT2D eigenvalue weighted by molar-refractivity contribution is 0.286. The highest BCUT2D eigenvalue weighted by Gasteiger charge is 2.15. The Kier molecular flexibility index (Phi) is 5.50. The summed E-state index contributed by atoms with van der Waals surface area (Å²) >= 11 is 0. The van der Waals surface area contributed by atoms with Gasteiger partial charge < -0.3 is 0 Å². The van der Waals surface area contributed by atoms with Gasteiger partial charge in [-0.05, 0) is 18.3 Å². The molecule has 1 saturated carbocycles. The second-order valence-corrected chi connectivity index (χ2v) is 4.99. The minimum atomic E-state index is 0.989. The topological polar surface area (TPSA) is 0 Å². The molecular weight excluding hydrogens is 156 g/mol. The molecule has 0 N–H and O–H groups in total. The van der Waals surface area contributed by atoms with Crippen LogP contribution in [-0.4, -0.2) is 0 Å². The predicted octanol–water partition coefficient (Wildman–Crippen LogP) is 4.78. The third kappa shape index (κ3) is 4.69. The Balaban J connectivity index is 2.07. The van der Waals surface area contributed by atoms with Crippen molar-refractivity contribution in [2.45, 2.75) is 71.6 Å². The Morgan fingerprint density at radius 2 is 1.85 bits per heavy atom. The van der Waals surface area contributed by atoms with Crippen LogP contribution in [0, 0.1) is 11.8 Å². The molecule has 0 aromatic carbocycles. The normalized spacial score (nSPS) is 21.7. The fourth-order valence-corrected chi connectivity index (χ4v) is 2.66. The van der Waals surface area contributed by atoms with Crippen molar-refractivity contribution in [3.05, 3.63) is 0 Å². The first kappa shape index (κ1) is 11.1. The van der Waals surface area contributed by atoms with Gasteiger partial charge in [0.05, 0.1) is 0 Å². The van der Waals surface area contributed by atoms with Crippen molar-refractivity contribution in [3.63, 3.8) is 0 Å². The summed E-state index contributed by atoms with van der Waals surface area (Å²) in [7, 11) is 0. The molecule has 0 bridgehead atoms. The second-order valence-electron chi connectivity index (χ2n) is 4.99. The average molecular weight is 182 g/mol. The standard InChI is InChI=1S/C13H26/c1-3-4-8-12(2)11-13-9-6-5-7-10-13/h12-13H,3-11H2,1-2H3/t12-/m1/s1. The molecule has 0 saturated heterocycles. The van der Waals surface area contributed by atoms with E-state index in [0.29, 0.717) is 0 Å². The van der Waals surface area contributed by atoms with E-state index in [1.165, 1.54) is 57.8 Å². The van der Waals surface area contributed by atoms with E-state index in [-0.39, 0.29) is 0 Å². The molecule has 0 heterocycles. The average Bonchev–Trinajstić information content (AvgIpc) is 2.16. The van der Waals surface area contributed by atoms with Gasteiger partial charge in [0.1, 0.15) is 0 Å². The van der Waals surface area contributed by atoms with Gasteiger partial charge in [0.25, 0.3) is 0 Å². The van der Waals surface area contributed by atoms with Gasteiger partial charge >= 0.3 is 0 Å². The van der Waals surface area contributed by atoms with Crippen LogP contribution in [0.25, 0.3) is 0 Å². The first-order valence-corrected chi connectivity index (χ1v) is 6.33. The lowest BCUT2D eigenvalue weighted by atomic mass is 9.82. The van der Waals surface area contributed by atoms with Crippen LogP contribution < -0.4 is 0 Å². The molecule has 1 aliphatic carbocycles. The Morgan fingerprint density at radius 1 is 1.15 bits per heavy atom. The molecule has 13 heavy (non-hydrogen) atoms. The van der Waals surface area contributed by atoms with Gasteiger partial charge in [0, 0.05) is 0 Å². The summed E-state index contributed by atoms with van der Waals surface area (Å²) in [6.45, 7) is 4.75. The summed E-state index contributed by atoms with van der Waals surface area (Å²) in [5.74, 6) is 2.07. The van der Waals surface area contributed by atoms with E-state index < -0.39 is 0 Å². The Morgan fingerprint density at radius 3 is 2.46 bits per heavy atom. The first-order valence-electron chi connectivity index (χ1n) is 6.33. The van der Waals surface area contributed by atoms with Crippen molar-refractivity contribution in [2.75, 3.05) is 0 Å². The molecule has 0 spiro atoms. The molecule has 1 atom stereocenters. The van der Waals surface area contributed by atoms with Crippen LogP contribution in [-0.2, 0) is 0 Å². The minimum Gasteiger partial charge on any atom is -0.0654 e. The Bertz CT molecular complexity index is 111. The van der Waals surface area contributed by atoms with E-state index in [0.717, 1.165) is 11.8 Å². The van der Waals surface area contributed by atoms with Crippen molar-refractivity contribution in [1.29, 1.82) is 0 Å². The molecule has 1 fully saturated rings. The van der Waals surface area contributed by atoms with Gasteiger partial charge in [-0.1, -0.05) is 65.2 Å². The molecular formula is C13H26. The third-order valence-corrected chi connectivity index (χ3v) is 3.51. The van der Waals surface area contributed by atoms with Gasteiger partial charge in [0.15, 0.2) is 0 Å². The van der Waals surface area contributed by atoms with E-state index in [1.807, 2.05) is 0 Å². The van der Waals surface area contributed by atoms with E-state index in [9.17, 15) is 0 Å². The Hall–Kier alpha value is 0. The number of hydrogen-bond acceptors (Lipinski definition) is 0. The predicted molar refractivity (Wildman–Crippen MR) is 59.9 cm³/mol. The quantitative estimate of drug-likeness (QED) is 0.574. The van der Waals surface area contributed by atoms with E-state index in [4.69, 9.17) is 0 Å². The monoisotopic (exact) mass is 182 g/mol. The van der Waals surface area contributed by atoms with Gasteiger partial charge in [-0.2, -0.15) is 0 Å². The molecule has 0 nitrogen and oxygen atoms in total. The molecule has 0 aromatic rings. The van der Waals surface area contributed by atoms with Crippen LogP contribution in [0.5, 0.6) is 0 Å². The van der Waals surface area contributed by atoms with Crippen molar-refractivity contribution in [1.82, 2.24) is 0 Å². The minimum absolute atomic E-state index is 0.989. The largest absolute Gasteiger partial charge is 0.0654 e. The van der Waals surface area contributed by atoms with Crippen LogP contribution in [0.4, 0.5) is 0 Å². The number of hydrogen-bond donors (Lipinski definition) is 0. The molecule has 0 aliphatic heterocycles. The van der Waals surface area contributed by atoms with E-state index >= 15 is 0 Å². The maximum Gasteiger partial charge on any atom is -0.0412 e. The molecule has 0 unspecified atom stereocenters. The SMILES string of the molecule is CCCC[C@@H](C)CC1CCCCC1. The molecule has 1 aliphatic rings. The maximum atomic E-state index is 2.45. The maximum absolute atomic E-state index is 2.45. The lowest BCUT2D eigenvalue weighted by Crippen LogP contribution is -2.10. The van der Waals surface area contributed by atoms with E-state index in [1.54, 1.807) is 0 Å². The molecule has 0 aromatic heterocycles. The van der Waals surface area contributed by atoms with Gasteiger partial charge in [-0.15, -0.1) is 0 Å². The van der Waals surface area contributed by atoms with Gasteiger partial charge in [-0.25, -0.2) is 0 Å². The fraction of sp³-hybridized carbons (Fsp3) is 1.00. The highest BCUT2D eigenvalue weighted by atomic mass is 14.2. The zero-order chi connectivity index (χ0) is 9.52. The smallest absolute Gasteiger partial charge is 0.0412 e. The summed E-state index contributed by atoms with van der Waals surface area (Å²) < 4.78 is 0. The first-order chi connectivity index (χ1) is 6.33. The number of rotatable bonds is 5. The number of unbranched alkanes of at least 4 members (excludes halogenated alkanes) is 1. The lowest BCUT2D eigenvalue weighted by Gasteiger charge is -2.24. The van der Waals surface area contributed by atoms with Crippen molar-refractivity contribution in [3.8, 4) is 0 Å². The van der Waals surface area contributed by atoms with Crippen molar-refractivity contribution in [2.24, 2.45) is 11.8 Å². The summed E-state index contributed by atoms with van der Waals surface area (Å²) in [6.07, 6.45) is 13.3. The van der Waals surface area contributed by atoms with E-state index in [2.05, 4.69) is 13.8 Å². The third-order valence-electron chi connectivity index (χ3n) is 3.51. The van der Waals surface area contributed by atoms with Crippen LogP contribution in [0.3, 0.4) is 0 Å². The van der Waals surface area contributed by atoms with Crippen molar-refractivity contribution >= 4 is 0 Å². The fourth-order valence-electron chi connectivity index (χ4n) is 2.66. The highest BCUT2D eigenvalue weighted by Crippen LogP contribution is 2.30. The summed E-state index contributed by atoms with van der Waals surface area (Å²) in [5.41, 5.74) is 0. The summed E-state index contributed by atoms with van der Waals surface area (Å²) in [6, 6.07) is 0. The molecule has 1 rings (SSSR count). The molecule has 0 heteroatoms. The zero-order valence-corrected chi connectivity index (χ0v) is 9.52. The van der Waals surface area contributed by atoms with Gasteiger partial charge in [0.2, 0.25) is 0 Å². The molecule has 0 amide bonds.